The molecular formula is C15H19ClN6O2. The highest BCUT2D eigenvalue weighted by atomic mass is 35.5. The van der Waals surface area contributed by atoms with E-state index in [1.54, 1.807) is 6.20 Å². The summed E-state index contributed by atoms with van der Waals surface area (Å²) in [5.41, 5.74) is 1.81. The van der Waals surface area contributed by atoms with Crippen molar-refractivity contribution in [1.29, 1.82) is 0 Å². The monoisotopic (exact) mass is 350 g/mol. The summed E-state index contributed by atoms with van der Waals surface area (Å²) in [5, 5.41) is 11.5. The van der Waals surface area contributed by atoms with Crippen molar-refractivity contribution in [3.8, 4) is 5.88 Å². The van der Waals surface area contributed by atoms with Crippen molar-refractivity contribution in [3.63, 3.8) is 0 Å². The number of nitrogens with zero attached hydrogens (tertiary/aromatic N) is 4. The van der Waals surface area contributed by atoms with E-state index in [1.807, 2.05) is 11.6 Å². The van der Waals surface area contributed by atoms with E-state index < -0.39 is 0 Å². The second-order valence-electron chi connectivity index (χ2n) is 5.84. The summed E-state index contributed by atoms with van der Waals surface area (Å²) in [7, 11) is 0. The first kappa shape index (κ1) is 15.5. The van der Waals surface area contributed by atoms with Gasteiger partial charge in [-0.3, -0.25) is 4.68 Å². The molecule has 4 rings (SSSR count). The zero-order valence-corrected chi connectivity index (χ0v) is 14.1. The Morgan fingerprint density at radius 3 is 2.96 bits per heavy atom. The molecule has 9 heteroatoms. The summed E-state index contributed by atoms with van der Waals surface area (Å²) in [5.74, 6) is 1.63. The molecule has 2 aromatic rings. The van der Waals surface area contributed by atoms with Gasteiger partial charge >= 0.3 is 0 Å². The second-order valence-corrected chi connectivity index (χ2v) is 6.25. The zero-order chi connectivity index (χ0) is 16.5. The molecule has 2 aliphatic heterocycles. The number of hydrogen-bond donors (Lipinski definition) is 2. The summed E-state index contributed by atoms with van der Waals surface area (Å²) in [4.78, 5) is 8.66. The first-order chi connectivity index (χ1) is 11.7. The molecule has 1 fully saturated rings. The van der Waals surface area contributed by atoms with Gasteiger partial charge in [0, 0.05) is 13.2 Å². The smallest absolute Gasteiger partial charge is 0.257 e. The van der Waals surface area contributed by atoms with Gasteiger partial charge in [-0.15, -0.1) is 5.10 Å². The third-order valence-corrected chi connectivity index (χ3v) is 4.55. The van der Waals surface area contributed by atoms with Crippen LogP contribution >= 0.6 is 11.6 Å². The molecule has 0 unspecified atom stereocenters. The number of hydrogen-bond acceptors (Lipinski definition) is 7. The summed E-state index contributed by atoms with van der Waals surface area (Å²) in [6.07, 6.45) is 3.48. The third-order valence-electron chi connectivity index (χ3n) is 4.27. The summed E-state index contributed by atoms with van der Waals surface area (Å²) in [6.45, 7) is 4.60. The van der Waals surface area contributed by atoms with Crippen LogP contribution in [0.15, 0.2) is 6.20 Å². The Kier molecular flexibility index (Phi) is 4.15. The van der Waals surface area contributed by atoms with E-state index >= 15 is 0 Å². The molecule has 0 atom stereocenters. The fourth-order valence-corrected chi connectivity index (χ4v) is 3.16. The van der Waals surface area contributed by atoms with E-state index in [0.717, 1.165) is 37.4 Å². The Balaban J connectivity index is 1.71. The van der Waals surface area contributed by atoms with Gasteiger partial charge in [-0.25, -0.2) is 4.98 Å². The lowest BCUT2D eigenvalue weighted by Crippen LogP contribution is -2.21. The lowest BCUT2D eigenvalue weighted by molar-refractivity contribution is 0.0653. The molecule has 128 valence electrons. The highest BCUT2D eigenvalue weighted by molar-refractivity contribution is 6.32. The van der Waals surface area contributed by atoms with Crippen LogP contribution in [0.5, 0.6) is 5.88 Å². The van der Waals surface area contributed by atoms with Crippen LogP contribution < -0.4 is 15.4 Å². The summed E-state index contributed by atoms with van der Waals surface area (Å²) >= 11 is 6.10. The lowest BCUT2D eigenvalue weighted by atomic mass is 10.1. The van der Waals surface area contributed by atoms with E-state index in [9.17, 15) is 0 Å². The van der Waals surface area contributed by atoms with Crippen molar-refractivity contribution in [2.75, 3.05) is 37.0 Å². The number of aromatic nitrogens is 4. The van der Waals surface area contributed by atoms with Gasteiger partial charge in [-0.1, -0.05) is 11.6 Å². The van der Waals surface area contributed by atoms with E-state index in [2.05, 4.69) is 25.7 Å². The van der Waals surface area contributed by atoms with Crippen LogP contribution in [0, 0.1) is 6.92 Å². The molecule has 0 aromatic carbocycles. The van der Waals surface area contributed by atoms with Gasteiger partial charge in [-0.05, 0) is 19.8 Å². The first-order valence-corrected chi connectivity index (χ1v) is 8.43. The van der Waals surface area contributed by atoms with Crippen molar-refractivity contribution in [3.05, 3.63) is 16.9 Å². The molecule has 0 aliphatic carbocycles. The molecule has 2 N–H and O–H groups in total. The van der Waals surface area contributed by atoms with E-state index in [-0.39, 0.29) is 0 Å². The lowest BCUT2D eigenvalue weighted by Gasteiger charge is -2.23. The number of halogens is 1. The molecule has 24 heavy (non-hydrogen) atoms. The minimum absolute atomic E-state index is 0.321. The average Bonchev–Trinajstić information content (AvgIpc) is 2.91. The van der Waals surface area contributed by atoms with Crippen molar-refractivity contribution in [2.24, 2.45) is 0 Å². The number of nitrogens with one attached hydrogen (secondary N) is 2. The number of anilines is 3. The average molecular weight is 351 g/mol. The Labute approximate surface area is 144 Å². The number of ether oxygens (including phenoxy) is 2. The van der Waals surface area contributed by atoms with Gasteiger partial charge in [0.05, 0.1) is 24.5 Å². The zero-order valence-electron chi connectivity index (χ0n) is 13.4. The van der Waals surface area contributed by atoms with Crippen molar-refractivity contribution in [1.82, 2.24) is 19.7 Å². The Bertz CT molecular complexity index is 744. The number of fused-ring (bicyclic) bond motifs is 3. The molecular weight excluding hydrogens is 332 g/mol. The molecule has 0 spiro atoms. The van der Waals surface area contributed by atoms with Crippen LogP contribution in [-0.2, 0) is 4.74 Å². The Hall–Kier alpha value is -2.06. The highest BCUT2D eigenvalue weighted by Crippen LogP contribution is 2.34. The van der Waals surface area contributed by atoms with Crippen molar-refractivity contribution >= 4 is 29.1 Å². The fraction of sp³-hybridized carbons (Fsp3) is 0.533. The predicted octanol–water partition coefficient (Wildman–Crippen LogP) is 2.53. The van der Waals surface area contributed by atoms with E-state index in [0.29, 0.717) is 41.9 Å². The maximum absolute atomic E-state index is 6.10. The molecule has 0 saturated carbocycles. The highest BCUT2D eigenvalue weighted by Gasteiger charge is 2.24. The Morgan fingerprint density at radius 2 is 2.12 bits per heavy atom. The van der Waals surface area contributed by atoms with E-state index in [4.69, 9.17) is 21.1 Å². The van der Waals surface area contributed by atoms with Crippen LogP contribution in [0.4, 0.5) is 17.5 Å². The van der Waals surface area contributed by atoms with Crippen molar-refractivity contribution in [2.45, 2.75) is 25.8 Å². The van der Waals surface area contributed by atoms with Crippen LogP contribution in [0.25, 0.3) is 0 Å². The standard InChI is InChI=1S/C15H19ClN6O2/c1-9-12-14(21-22(9)10-2-5-23-6-3-10)24-7-4-17-13-11(16)8-18-15(19-12)20-13/h8,10H,2-7H2,1H3,(H2,17,18,19,20). The van der Waals surface area contributed by atoms with Gasteiger partial charge < -0.3 is 20.1 Å². The van der Waals surface area contributed by atoms with Gasteiger partial charge in [0.1, 0.15) is 17.3 Å². The first-order valence-electron chi connectivity index (χ1n) is 8.05. The maximum atomic E-state index is 6.10. The van der Waals surface area contributed by atoms with E-state index in [1.165, 1.54) is 0 Å². The quantitative estimate of drug-likeness (QED) is 0.817. The number of rotatable bonds is 1. The predicted molar refractivity (Wildman–Crippen MR) is 90.4 cm³/mol. The molecule has 0 amide bonds. The minimum atomic E-state index is 0.321. The molecule has 2 aliphatic rings. The second kappa shape index (κ2) is 6.45. The Morgan fingerprint density at radius 1 is 1.29 bits per heavy atom. The molecule has 2 aromatic heterocycles. The van der Waals surface area contributed by atoms with Crippen LogP contribution in [-0.4, -0.2) is 46.1 Å². The largest absolute Gasteiger partial charge is 0.473 e. The minimum Gasteiger partial charge on any atom is -0.473 e. The summed E-state index contributed by atoms with van der Waals surface area (Å²) in [6, 6.07) is 0.321. The molecule has 2 bridgehead atoms. The molecule has 4 heterocycles. The van der Waals surface area contributed by atoms with Gasteiger partial charge in [-0.2, -0.15) is 4.98 Å². The van der Waals surface area contributed by atoms with Crippen molar-refractivity contribution < 1.29 is 9.47 Å². The molecule has 1 saturated heterocycles. The van der Waals surface area contributed by atoms with Gasteiger partial charge in [0.2, 0.25) is 5.95 Å². The van der Waals surface area contributed by atoms with Crippen LogP contribution in [0.3, 0.4) is 0 Å². The van der Waals surface area contributed by atoms with Gasteiger partial charge in [0.15, 0.2) is 5.82 Å². The SMILES string of the molecule is Cc1c2c(nn1C1CCOCC1)OCCNc1nc(ncc1Cl)N2. The topological polar surface area (TPSA) is 86.1 Å². The van der Waals surface area contributed by atoms with Crippen LogP contribution in [0.2, 0.25) is 5.02 Å². The third kappa shape index (κ3) is 2.87. The molecule has 0 radical (unpaired) electrons. The fourth-order valence-electron chi connectivity index (χ4n) is 3.00. The summed E-state index contributed by atoms with van der Waals surface area (Å²) < 4.78 is 13.3. The van der Waals surface area contributed by atoms with Crippen LogP contribution in [0.1, 0.15) is 24.6 Å². The van der Waals surface area contributed by atoms with Gasteiger partial charge in [0.25, 0.3) is 5.88 Å². The molecule has 8 nitrogen and oxygen atoms in total. The maximum Gasteiger partial charge on any atom is 0.257 e. The normalized spacial score (nSPS) is 18.1.